The SMILES string of the molecule is COc1ccc2ccccc2c1/C=N\Nc1ccc(F)cc1. The van der Waals surface area contributed by atoms with Crippen molar-refractivity contribution < 1.29 is 9.13 Å². The maximum Gasteiger partial charge on any atom is 0.128 e. The fourth-order valence-electron chi connectivity index (χ4n) is 2.28. The maximum absolute atomic E-state index is 12.9. The maximum atomic E-state index is 12.9. The summed E-state index contributed by atoms with van der Waals surface area (Å²) in [5.41, 5.74) is 4.50. The number of hydrogen-bond acceptors (Lipinski definition) is 3. The lowest BCUT2D eigenvalue weighted by atomic mass is 10.0. The van der Waals surface area contributed by atoms with Crippen LogP contribution in [0.5, 0.6) is 5.75 Å². The Kier molecular flexibility index (Phi) is 4.01. The molecule has 3 rings (SSSR count). The smallest absolute Gasteiger partial charge is 0.128 e. The van der Waals surface area contributed by atoms with Crippen LogP contribution >= 0.6 is 0 Å². The summed E-state index contributed by atoms with van der Waals surface area (Å²) in [7, 11) is 1.63. The summed E-state index contributed by atoms with van der Waals surface area (Å²) in [5.74, 6) is 0.480. The highest BCUT2D eigenvalue weighted by molar-refractivity contribution is 6.02. The molecule has 0 atom stereocenters. The van der Waals surface area contributed by atoms with Crippen LogP contribution in [0.15, 0.2) is 65.8 Å². The number of benzene rings is 3. The van der Waals surface area contributed by atoms with E-state index >= 15 is 0 Å². The fourth-order valence-corrected chi connectivity index (χ4v) is 2.28. The summed E-state index contributed by atoms with van der Waals surface area (Å²) in [6.45, 7) is 0. The van der Waals surface area contributed by atoms with E-state index in [1.807, 2.05) is 36.4 Å². The Morgan fingerprint density at radius 3 is 2.55 bits per heavy atom. The molecule has 0 aromatic heterocycles. The van der Waals surface area contributed by atoms with Gasteiger partial charge < -0.3 is 4.74 Å². The largest absolute Gasteiger partial charge is 0.496 e. The molecule has 0 fully saturated rings. The molecule has 1 N–H and O–H groups in total. The topological polar surface area (TPSA) is 33.6 Å². The van der Waals surface area contributed by atoms with Crippen molar-refractivity contribution in [3.63, 3.8) is 0 Å². The molecular weight excluding hydrogens is 279 g/mol. The average Bonchev–Trinajstić information content (AvgIpc) is 2.56. The minimum absolute atomic E-state index is 0.273. The first-order chi connectivity index (χ1) is 10.8. The van der Waals surface area contributed by atoms with E-state index in [1.165, 1.54) is 12.1 Å². The molecule has 0 aliphatic rings. The van der Waals surface area contributed by atoms with Crippen molar-refractivity contribution in [1.29, 1.82) is 0 Å². The molecule has 22 heavy (non-hydrogen) atoms. The molecule has 0 spiro atoms. The second-order valence-electron chi connectivity index (χ2n) is 4.78. The minimum atomic E-state index is -0.273. The third-order valence-corrected chi connectivity index (χ3v) is 3.38. The van der Waals surface area contributed by atoms with Gasteiger partial charge in [-0.3, -0.25) is 5.43 Å². The molecule has 0 heterocycles. The molecule has 0 amide bonds. The Balaban J connectivity index is 1.91. The molecule has 0 saturated carbocycles. The van der Waals surface area contributed by atoms with Crippen molar-refractivity contribution in [2.24, 2.45) is 5.10 Å². The number of ether oxygens (including phenoxy) is 1. The molecule has 0 bridgehead atoms. The summed E-state index contributed by atoms with van der Waals surface area (Å²) in [4.78, 5) is 0. The quantitative estimate of drug-likeness (QED) is 0.570. The molecule has 0 unspecified atom stereocenters. The number of hydrazone groups is 1. The van der Waals surface area contributed by atoms with E-state index in [0.717, 1.165) is 27.8 Å². The Hall–Kier alpha value is -2.88. The van der Waals surface area contributed by atoms with E-state index < -0.39 is 0 Å². The van der Waals surface area contributed by atoms with Crippen LogP contribution in [0, 0.1) is 5.82 Å². The van der Waals surface area contributed by atoms with Gasteiger partial charge in [0.15, 0.2) is 0 Å². The van der Waals surface area contributed by atoms with Gasteiger partial charge in [0.2, 0.25) is 0 Å². The van der Waals surface area contributed by atoms with Crippen LogP contribution in [0.1, 0.15) is 5.56 Å². The van der Waals surface area contributed by atoms with Crippen LogP contribution in [0.3, 0.4) is 0 Å². The Morgan fingerprint density at radius 1 is 1.00 bits per heavy atom. The van der Waals surface area contributed by atoms with Crippen LogP contribution < -0.4 is 10.2 Å². The standard InChI is InChI=1S/C18H15FN2O/c1-22-18-11-6-13-4-2-3-5-16(13)17(18)12-20-21-15-9-7-14(19)8-10-15/h2-12,21H,1H3/b20-12-. The van der Waals surface area contributed by atoms with E-state index in [1.54, 1.807) is 25.5 Å². The number of methoxy groups -OCH3 is 1. The Bertz CT molecular complexity index is 813. The van der Waals surface area contributed by atoms with Crippen LogP contribution in [-0.4, -0.2) is 13.3 Å². The molecule has 3 nitrogen and oxygen atoms in total. The van der Waals surface area contributed by atoms with Crippen molar-refractivity contribution in [1.82, 2.24) is 0 Å². The van der Waals surface area contributed by atoms with Gasteiger partial charge in [-0.25, -0.2) is 4.39 Å². The first-order valence-corrected chi connectivity index (χ1v) is 6.88. The number of anilines is 1. The first kappa shape index (κ1) is 14.1. The van der Waals surface area contributed by atoms with E-state index in [9.17, 15) is 4.39 Å². The zero-order valence-electron chi connectivity index (χ0n) is 12.1. The van der Waals surface area contributed by atoms with Crippen molar-refractivity contribution in [3.05, 3.63) is 72.0 Å². The highest BCUT2D eigenvalue weighted by Crippen LogP contribution is 2.26. The number of nitrogens with zero attached hydrogens (tertiary/aromatic N) is 1. The Labute approximate surface area is 128 Å². The molecule has 4 heteroatoms. The molecule has 3 aromatic rings. The summed E-state index contributed by atoms with van der Waals surface area (Å²) in [5, 5.41) is 6.40. The highest BCUT2D eigenvalue weighted by Gasteiger charge is 2.05. The predicted octanol–water partition coefficient (Wildman–Crippen LogP) is 4.43. The number of fused-ring (bicyclic) bond motifs is 1. The summed E-state index contributed by atoms with van der Waals surface area (Å²) >= 11 is 0. The lowest BCUT2D eigenvalue weighted by Crippen LogP contribution is -1.95. The normalized spacial score (nSPS) is 11.0. The predicted molar refractivity (Wildman–Crippen MR) is 88.1 cm³/mol. The van der Waals surface area contributed by atoms with Crippen molar-refractivity contribution >= 4 is 22.7 Å². The van der Waals surface area contributed by atoms with E-state index in [-0.39, 0.29) is 5.82 Å². The zero-order valence-corrected chi connectivity index (χ0v) is 12.1. The van der Waals surface area contributed by atoms with Gasteiger partial charge in [-0.1, -0.05) is 30.3 Å². The fraction of sp³-hybridized carbons (Fsp3) is 0.0556. The van der Waals surface area contributed by atoms with Gasteiger partial charge in [0.05, 0.1) is 19.0 Å². The first-order valence-electron chi connectivity index (χ1n) is 6.88. The summed E-state index contributed by atoms with van der Waals surface area (Å²) in [6.07, 6.45) is 1.71. The number of nitrogens with one attached hydrogen (secondary N) is 1. The molecule has 0 aliphatic heterocycles. The number of halogens is 1. The van der Waals surface area contributed by atoms with Crippen LogP contribution in [0.2, 0.25) is 0 Å². The van der Waals surface area contributed by atoms with E-state index in [4.69, 9.17) is 4.74 Å². The lowest BCUT2D eigenvalue weighted by Gasteiger charge is -2.08. The molecule has 0 radical (unpaired) electrons. The van der Waals surface area contributed by atoms with Crippen LogP contribution in [0.25, 0.3) is 10.8 Å². The van der Waals surface area contributed by atoms with Gasteiger partial charge in [-0.15, -0.1) is 0 Å². The lowest BCUT2D eigenvalue weighted by molar-refractivity contribution is 0.415. The molecular formula is C18H15FN2O. The third-order valence-electron chi connectivity index (χ3n) is 3.38. The molecule has 0 saturated heterocycles. The number of rotatable bonds is 4. The van der Waals surface area contributed by atoms with Gasteiger partial charge in [0, 0.05) is 5.56 Å². The third kappa shape index (κ3) is 2.91. The second kappa shape index (κ2) is 6.26. The monoisotopic (exact) mass is 294 g/mol. The van der Waals surface area contributed by atoms with Crippen molar-refractivity contribution in [2.45, 2.75) is 0 Å². The van der Waals surface area contributed by atoms with Gasteiger partial charge in [0.25, 0.3) is 0 Å². The number of hydrogen-bond donors (Lipinski definition) is 1. The second-order valence-corrected chi connectivity index (χ2v) is 4.78. The van der Waals surface area contributed by atoms with Gasteiger partial charge in [-0.05, 0) is 41.1 Å². The average molecular weight is 294 g/mol. The van der Waals surface area contributed by atoms with Gasteiger partial charge >= 0.3 is 0 Å². The molecule has 110 valence electrons. The minimum Gasteiger partial charge on any atom is -0.496 e. The van der Waals surface area contributed by atoms with Crippen LogP contribution in [-0.2, 0) is 0 Å². The zero-order chi connectivity index (χ0) is 15.4. The van der Waals surface area contributed by atoms with Gasteiger partial charge in [-0.2, -0.15) is 5.10 Å². The molecule has 0 aliphatic carbocycles. The van der Waals surface area contributed by atoms with E-state index in [0.29, 0.717) is 0 Å². The van der Waals surface area contributed by atoms with Gasteiger partial charge in [0.1, 0.15) is 11.6 Å². The summed E-state index contributed by atoms with van der Waals surface area (Å²) < 4.78 is 18.3. The van der Waals surface area contributed by atoms with E-state index in [2.05, 4.69) is 10.5 Å². The molecule has 3 aromatic carbocycles. The Morgan fingerprint density at radius 2 is 1.77 bits per heavy atom. The highest BCUT2D eigenvalue weighted by atomic mass is 19.1. The van der Waals surface area contributed by atoms with Crippen molar-refractivity contribution in [3.8, 4) is 5.75 Å². The summed E-state index contributed by atoms with van der Waals surface area (Å²) in [6, 6.07) is 18.0. The van der Waals surface area contributed by atoms with Crippen molar-refractivity contribution in [2.75, 3.05) is 12.5 Å². The van der Waals surface area contributed by atoms with Crippen LogP contribution in [0.4, 0.5) is 10.1 Å².